The van der Waals surface area contributed by atoms with Crippen LogP contribution in [0.15, 0.2) is 103 Å². The first kappa shape index (κ1) is 22.9. The summed E-state index contributed by atoms with van der Waals surface area (Å²) >= 11 is 0. The zero-order chi connectivity index (χ0) is 23.8. The number of aliphatic hydroxyl groups is 1. The molecule has 0 unspecified atom stereocenters. The van der Waals surface area contributed by atoms with E-state index in [0.29, 0.717) is 23.2 Å². The lowest BCUT2D eigenvalue weighted by molar-refractivity contribution is 0.0916. The number of amides is 2. The summed E-state index contributed by atoms with van der Waals surface area (Å²) in [6, 6.07) is 27.0. The van der Waals surface area contributed by atoms with E-state index in [1.807, 2.05) is 54.6 Å². The highest BCUT2D eigenvalue weighted by Crippen LogP contribution is 2.20. The minimum Gasteiger partial charge on any atom is -0.394 e. The molecule has 34 heavy (non-hydrogen) atoms. The third-order valence-electron chi connectivity index (χ3n) is 5.50. The molecule has 170 valence electrons. The van der Waals surface area contributed by atoms with Crippen molar-refractivity contribution in [3.05, 3.63) is 126 Å². The third-order valence-corrected chi connectivity index (χ3v) is 5.50. The van der Waals surface area contributed by atoms with E-state index in [2.05, 4.69) is 15.6 Å². The van der Waals surface area contributed by atoms with Crippen LogP contribution < -0.4 is 10.6 Å². The Balaban J connectivity index is 1.42. The molecule has 0 spiro atoms. The molecule has 0 bridgehead atoms. The molecule has 0 saturated carbocycles. The topological polar surface area (TPSA) is 91.3 Å². The Morgan fingerprint density at radius 3 is 2.18 bits per heavy atom. The summed E-state index contributed by atoms with van der Waals surface area (Å²) in [5.41, 5.74) is 4.58. The summed E-state index contributed by atoms with van der Waals surface area (Å²) in [5, 5.41) is 15.7. The molecule has 6 heteroatoms. The van der Waals surface area contributed by atoms with Crippen molar-refractivity contribution in [2.75, 3.05) is 6.61 Å². The number of rotatable bonds is 8. The van der Waals surface area contributed by atoms with Gasteiger partial charge in [-0.15, -0.1) is 0 Å². The summed E-state index contributed by atoms with van der Waals surface area (Å²) in [4.78, 5) is 29.4. The molecule has 0 radical (unpaired) electrons. The van der Waals surface area contributed by atoms with Crippen molar-refractivity contribution in [3.8, 4) is 11.1 Å². The van der Waals surface area contributed by atoms with Crippen LogP contribution in [-0.4, -0.2) is 28.5 Å². The molecule has 0 aliphatic heterocycles. The Labute approximate surface area is 198 Å². The van der Waals surface area contributed by atoms with E-state index < -0.39 is 6.04 Å². The molecule has 3 aromatic carbocycles. The number of nitrogens with zero attached hydrogens (tertiary/aromatic N) is 1. The lowest BCUT2D eigenvalue weighted by Crippen LogP contribution is -2.31. The van der Waals surface area contributed by atoms with Gasteiger partial charge in [0.1, 0.15) is 0 Å². The van der Waals surface area contributed by atoms with Gasteiger partial charge in [0.15, 0.2) is 0 Å². The summed E-state index contributed by atoms with van der Waals surface area (Å²) in [7, 11) is 0. The van der Waals surface area contributed by atoms with Crippen molar-refractivity contribution >= 4 is 11.8 Å². The first-order chi connectivity index (χ1) is 16.6. The molecule has 4 aromatic rings. The maximum atomic E-state index is 12.8. The van der Waals surface area contributed by atoms with Gasteiger partial charge in [0.25, 0.3) is 11.8 Å². The molecule has 1 heterocycles. The number of benzene rings is 3. The van der Waals surface area contributed by atoms with Gasteiger partial charge in [0.2, 0.25) is 0 Å². The van der Waals surface area contributed by atoms with Crippen molar-refractivity contribution in [1.82, 2.24) is 15.6 Å². The monoisotopic (exact) mass is 451 g/mol. The lowest BCUT2D eigenvalue weighted by Gasteiger charge is -2.18. The van der Waals surface area contributed by atoms with Crippen LogP contribution in [0.25, 0.3) is 11.1 Å². The zero-order valence-electron chi connectivity index (χ0n) is 18.5. The molecule has 0 aliphatic carbocycles. The first-order valence-corrected chi connectivity index (χ1v) is 11.0. The molecule has 2 amide bonds. The van der Waals surface area contributed by atoms with Gasteiger partial charge in [-0.25, -0.2) is 0 Å². The number of carbonyl (C=O) groups excluding carboxylic acids is 2. The van der Waals surface area contributed by atoms with Crippen molar-refractivity contribution in [1.29, 1.82) is 0 Å². The van der Waals surface area contributed by atoms with Crippen LogP contribution in [-0.2, 0) is 6.54 Å². The highest BCUT2D eigenvalue weighted by Gasteiger charge is 2.17. The Kier molecular flexibility index (Phi) is 7.42. The number of hydrogen-bond acceptors (Lipinski definition) is 4. The highest BCUT2D eigenvalue weighted by atomic mass is 16.3. The molecular formula is C28H25N3O3. The maximum Gasteiger partial charge on any atom is 0.251 e. The minimum atomic E-state index is -0.644. The lowest BCUT2D eigenvalue weighted by atomic mass is 10.0. The van der Waals surface area contributed by atoms with Gasteiger partial charge in [0.05, 0.1) is 12.6 Å². The Hall–Kier alpha value is -4.29. The number of pyridine rings is 1. The molecule has 1 atom stereocenters. The van der Waals surface area contributed by atoms with Crippen molar-refractivity contribution in [2.24, 2.45) is 0 Å². The van der Waals surface area contributed by atoms with Crippen molar-refractivity contribution in [2.45, 2.75) is 12.6 Å². The fraction of sp³-hybridized carbons (Fsp3) is 0.107. The van der Waals surface area contributed by atoms with Crippen LogP contribution in [0.4, 0.5) is 0 Å². The van der Waals surface area contributed by atoms with E-state index in [0.717, 1.165) is 16.7 Å². The average molecular weight is 452 g/mol. The van der Waals surface area contributed by atoms with Gasteiger partial charge in [-0.05, 0) is 58.7 Å². The predicted molar refractivity (Wildman–Crippen MR) is 131 cm³/mol. The fourth-order valence-corrected chi connectivity index (χ4v) is 3.61. The fourth-order valence-electron chi connectivity index (χ4n) is 3.61. The molecule has 6 nitrogen and oxygen atoms in total. The van der Waals surface area contributed by atoms with Gasteiger partial charge < -0.3 is 15.7 Å². The number of carbonyl (C=O) groups is 2. The second-order valence-corrected chi connectivity index (χ2v) is 7.82. The number of aliphatic hydroxyl groups excluding tert-OH is 1. The second-order valence-electron chi connectivity index (χ2n) is 7.82. The van der Waals surface area contributed by atoms with Crippen LogP contribution in [0.3, 0.4) is 0 Å². The van der Waals surface area contributed by atoms with E-state index >= 15 is 0 Å². The van der Waals surface area contributed by atoms with E-state index in [4.69, 9.17) is 0 Å². The Bertz CT molecular complexity index is 1240. The van der Waals surface area contributed by atoms with Gasteiger partial charge in [-0.2, -0.15) is 0 Å². The van der Waals surface area contributed by atoms with Gasteiger partial charge >= 0.3 is 0 Å². The standard InChI is InChI=1S/C28H25N3O3/c32-19-26(31-28(34)23-11-9-21(10-12-23)22-13-15-29-16-14-22)24-7-4-8-25(17-24)27(33)30-18-20-5-2-1-3-6-20/h1-17,26,32H,18-19H2,(H,30,33)(H,31,34)/t26-/m1/s1. The normalized spacial score (nSPS) is 11.4. The van der Waals surface area contributed by atoms with E-state index in [9.17, 15) is 14.7 Å². The molecule has 0 aliphatic rings. The quantitative estimate of drug-likeness (QED) is 0.375. The van der Waals surface area contributed by atoms with Crippen LogP contribution in [0.2, 0.25) is 0 Å². The van der Waals surface area contributed by atoms with Crippen molar-refractivity contribution in [3.63, 3.8) is 0 Å². The predicted octanol–water partition coefficient (Wildman–Crippen LogP) is 4.14. The first-order valence-electron chi connectivity index (χ1n) is 11.0. The van der Waals surface area contributed by atoms with E-state index in [1.54, 1.807) is 48.8 Å². The molecule has 3 N–H and O–H groups in total. The van der Waals surface area contributed by atoms with Crippen LogP contribution in [0.1, 0.15) is 37.9 Å². The Morgan fingerprint density at radius 1 is 0.765 bits per heavy atom. The summed E-state index contributed by atoms with van der Waals surface area (Å²) in [6.07, 6.45) is 3.44. The van der Waals surface area contributed by atoms with Gasteiger partial charge in [-0.1, -0.05) is 54.6 Å². The summed E-state index contributed by atoms with van der Waals surface area (Å²) in [5.74, 6) is -0.528. The molecule has 0 saturated heterocycles. The summed E-state index contributed by atoms with van der Waals surface area (Å²) < 4.78 is 0. The van der Waals surface area contributed by atoms with Crippen LogP contribution in [0.5, 0.6) is 0 Å². The van der Waals surface area contributed by atoms with Crippen LogP contribution >= 0.6 is 0 Å². The minimum absolute atomic E-state index is 0.222. The third kappa shape index (κ3) is 5.74. The molecule has 1 aromatic heterocycles. The van der Waals surface area contributed by atoms with E-state index in [1.165, 1.54) is 0 Å². The summed E-state index contributed by atoms with van der Waals surface area (Å²) in [6.45, 7) is 0.121. The number of hydrogen-bond donors (Lipinski definition) is 3. The molecule has 4 rings (SSSR count). The molecular weight excluding hydrogens is 426 g/mol. The van der Waals surface area contributed by atoms with Gasteiger partial charge in [-0.3, -0.25) is 14.6 Å². The average Bonchev–Trinajstić information content (AvgIpc) is 2.91. The SMILES string of the molecule is O=C(NCc1ccccc1)c1cccc([C@@H](CO)NC(=O)c2ccc(-c3ccncc3)cc2)c1. The van der Waals surface area contributed by atoms with Gasteiger partial charge in [0, 0.05) is 30.1 Å². The van der Waals surface area contributed by atoms with Crippen LogP contribution in [0, 0.1) is 0 Å². The zero-order valence-corrected chi connectivity index (χ0v) is 18.5. The molecule has 0 fully saturated rings. The number of aromatic nitrogens is 1. The maximum absolute atomic E-state index is 12.8. The smallest absolute Gasteiger partial charge is 0.251 e. The second kappa shape index (κ2) is 11.0. The Morgan fingerprint density at radius 2 is 1.47 bits per heavy atom. The largest absolute Gasteiger partial charge is 0.394 e. The number of nitrogens with one attached hydrogen (secondary N) is 2. The van der Waals surface area contributed by atoms with Crippen molar-refractivity contribution < 1.29 is 14.7 Å². The van der Waals surface area contributed by atoms with E-state index in [-0.39, 0.29) is 18.4 Å². The highest BCUT2D eigenvalue weighted by molar-refractivity contribution is 5.95.